The number of nitrogen functional groups attached to an aromatic ring is 1. The number of anilines is 2. The summed E-state index contributed by atoms with van der Waals surface area (Å²) in [5.41, 5.74) is 8.71. The van der Waals surface area contributed by atoms with Crippen LogP contribution in [0.15, 0.2) is 36.4 Å². The first-order valence-electron chi connectivity index (χ1n) is 7.45. The van der Waals surface area contributed by atoms with Crippen molar-refractivity contribution in [3.8, 4) is 11.5 Å². The number of ether oxygens (including phenoxy) is 2. The van der Waals surface area contributed by atoms with Gasteiger partial charge in [-0.2, -0.15) is 0 Å². The quantitative estimate of drug-likeness (QED) is 0.805. The molecule has 0 spiro atoms. The maximum atomic E-state index is 12.4. The predicted molar refractivity (Wildman–Crippen MR) is 97.3 cm³/mol. The van der Waals surface area contributed by atoms with E-state index in [2.05, 4.69) is 26.1 Å². The highest BCUT2D eigenvalue weighted by Gasteiger charge is 2.18. The highest BCUT2D eigenvalue weighted by Crippen LogP contribution is 2.38. The fourth-order valence-corrected chi connectivity index (χ4v) is 2.38. The molecule has 2 aromatic carbocycles. The zero-order valence-electron chi connectivity index (χ0n) is 13.9. The summed E-state index contributed by atoms with van der Waals surface area (Å²) < 4.78 is 10.6. The van der Waals surface area contributed by atoms with E-state index in [0.29, 0.717) is 28.4 Å². The van der Waals surface area contributed by atoms with Crippen LogP contribution in [0.1, 0.15) is 36.7 Å². The molecular weight excluding hydrogens is 328 g/mol. The summed E-state index contributed by atoms with van der Waals surface area (Å²) >= 11 is 0. The Bertz CT molecular complexity index is 752. The molecule has 1 aliphatic heterocycles. The third-order valence-electron chi connectivity index (χ3n) is 3.81. The van der Waals surface area contributed by atoms with Crippen LogP contribution in [0.5, 0.6) is 11.5 Å². The van der Waals surface area contributed by atoms with Crippen molar-refractivity contribution in [1.82, 2.24) is 0 Å². The lowest BCUT2D eigenvalue weighted by Gasteiger charge is -2.19. The average Bonchev–Trinajstić information content (AvgIpc) is 2.94. The molecule has 0 unspecified atom stereocenters. The Morgan fingerprint density at radius 3 is 2.25 bits per heavy atom. The summed E-state index contributed by atoms with van der Waals surface area (Å²) in [5, 5.41) is 2.81. The highest BCUT2D eigenvalue weighted by molar-refractivity contribution is 6.06. The number of nitrogens with two attached hydrogens (primary N) is 1. The second kappa shape index (κ2) is 6.61. The lowest BCUT2D eigenvalue weighted by atomic mass is 9.87. The first-order chi connectivity index (χ1) is 10.8. The maximum absolute atomic E-state index is 12.4. The van der Waals surface area contributed by atoms with E-state index < -0.39 is 0 Å². The van der Waals surface area contributed by atoms with Crippen molar-refractivity contribution >= 4 is 29.7 Å². The van der Waals surface area contributed by atoms with Crippen molar-refractivity contribution in [2.75, 3.05) is 17.8 Å². The van der Waals surface area contributed by atoms with Crippen molar-refractivity contribution in [3.63, 3.8) is 0 Å². The van der Waals surface area contributed by atoms with Crippen LogP contribution < -0.4 is 20.5 Å². The Labute approximate surface area is 147 Å². The van der Waals surface area contributed by atoms with Crippen LogP contribution in [0, 0.1) is 0 Å². The molecule has 3 rings (SSSR count). The fourth-order valence-electron chi connectivity index (χ4n) is 2.38. The van der Waals surface area contributed by atoms with Gasteiger partial charge >= 0.3 is 0 Å². The third-order valence-corrected chi connectivity index (χ3v) is 3.81. The molecule has 0 atom stereocenters. The van der Waals surface area contributed by atoms with E-state index in [4.69, 9.17) is 15.2 Å². The van der Waals surface area contributed by atoms with Crippen LogP contribution in [0.25, 0.3) is 0 Å². The maximum Gasteiger partial charge on any atom is 0.255 e. The lowest BCUT2D eigenvalue weighted by molar-refractivity contribution is 0.102. The standard InChI is InChI=1S/C18H20N2O3.ClH/c1-18(2,3)12-6-4-11(5-7-12)17(21)20-14-9-16-15(8-13(14)19)22-10-23-16;/h4-9H,10,19H2,1-3H3,(H,20,21);1H. The summed E-state index contributed by atoms with van der Waals surface area (Å²) in [5.74, 6) is 0.962. The van der Waals surface area contributed by atoms with Crippen LogP contribution in [0.2, 0.25) is 0 Å². The van der Waals surface area contributed by atoms with Crippen molar-refractivity contribution in [2.45, 2.75) is 26.2 Å². The van der Waals surface area contributed by atoms with E-state index in [9.17, 15) is 4.79 Å². The molecule has 0 saturated carbocycles. The van der Waals surface area contributed by atoms with Crippen LogP contribution in [0.3, 0.4) is 0 Å². The lowest BCUT2D eigenvalue weighted by Crippen LogP contribution is -2.15. The van der Waals surface area contributed by atoms with Crippen molar-refractivity contribution in [1.29, 1.82) is 0 Å². The van der Waals surface area contributed by atoms with Gasteiger partial charge in [0, 0.05) is 17.7 Å². The number of fused-ring (bicyclic) bond motifs is 1. The summed E-state index contributed by atoms with van der Waals surface area (Å²) in [6.07, 6.45) is 0. The first kappa shape index (κ1) is 17.9. The number of carbonyl (C=O) groups is 1. The van der Waals surface area contributed by atoms with Gasteiger partial charge in [0.2, 0.25) is 6.79 Å². The number of amides is 1. The minimum Gasteiger partial charge on any atom is -0.454 e. The van der Waals surface area contributed by atoms with Crippen LogP contribution >= 0.6 is 12.4 Å². The van der Waals surface area contributed by atoms with Gasteiger partial charge in [-0.05, 0) is 23.1 Å². The third kappa shape index (κ3) is 3.57. The molecule has 0 fully saturated rings. The Morgan fingerprint density at radius 1 is 1.08 bits per heavy atom. The average molecular weight is 349 g/mol. The van der Waals surface area contributed by atoms with Crippen LogP contribution in [0.4, 0.5) is 11.4 Å². The largest absolute Gasteiger partial charge is 0.454 e. The summed E-state index contributed by atoms with van der Waals surface area (Å²) in [7, 11) is 0. The normalized spacial score (nSPS) is 12.5. The van der Waals surface area contributed by atoms with E-state index >= 15 is 0 Å². The van der Waals surface area contributed by atoms with Gasteiger partial charge in [0.25, 0.3) is 5.91 Å². The molecule has 2 aromatic rings. The van der Waals surface area contributed by atoms with Crippen molar-refractivity contribution < 1.29 is 14.3 Å². The van der Waals surface area contributed by atoms with Gasteiger partial charge in [0.1, 0.15) is 0 Å². The SMILES string of the molecule is CC(C)(C)c1ccc(C(=O)Nc2cc3c(cc2N)OCO3)cc1.Cl. The van der Waals surface area contributed by atoms with Crippen LogP contribution in [-0.4, -0.2) is 12.7 Å². The zero-order chi connectivity index (χ0) is 16.6. The minimum atomic E-state index is -0.212. The number of benzene rings is 2. The monoisotopic (exact) mass is 348 g/mol. The van der Waals surface area contributed by atoms with Gasteiger partial charge in [0.05, 0.1) is 11.4 Å². The van der Waals surface area contributed by atoms with Crippen molar-refractivity contribution in [2.24, 2.45) is 0 Å². The molecule has 6 heteroatoms. The topological polar surface area (TPSA) is 73.6 Å². The minimum absolute atomic E-state index is 0. The number of halogens is 1. The first-order valence-corrected chi connectivity index (χ1v) is 7.45. The predicted octanol–water partition coefficient (Wildman–Crippen LogP) is 3.97. The molecule has 1 aliphatic rings. The van der Waals surface area contributed by atoms with Gasteiger partial charge < -0.3 is 20.5 Å². The molecular formula is C18H21ClN2O3. The van der Waals surface area contributed by atoms with Gasteiger partial charge in [-0.25, -0.2) is 0 Å². The fraction of sp³-hybridized carbons (Fsp3) is 0.278. The number of hydrogen-bond donors (Lipinski definition) is 2. The van der Waals surface area contributed by atoms with Crippen molar-refractivity contribution in [3.05, 3.63) is 47.5 Å². The molecule has 0 aliphatic carbocycles. The molecule has 3 N–H and O–H groups in total. The molecule has 0 aromatic heterocycles. The summed E-state index contributed by atoms with van der Waals surface area (Å²) in [6, 6.07) is 10.9. The second-order valence-electron chi connectivity index (χ2n) is 6.57. The Balaban J connectivity index is 0.00000208. The van der Waals surface area contributed by atoms with E-state index in [0.717, 1.165) is 0 Å². The number of hydrogen-bond acceptors (Lipinski definition) is 4. The molecule has 24 heavy (non-hydrogen) atoms. The highest BCUT2D eigenvalue weighted by atomic mass is 35.5. The number of nitrogens with one attached hydrogen (secondary N) is 1. The molecule has 0 radical (unpaired) electrons. The Kier molecular flexibility index (Phi) is 4.94. The summed E-state index contributed by atoms with van der Waals surface area (Å²) in [6.45, 7) is 6.57. The van der Waals surface area contributed by atoms with E-state index in [1.807, 2.05) is 24.3 Å². The smallest absolute Gasteiger partial charge is 0.255 e. The Hall–Kier alpha value is -2.40. The number of carbonyl (C=O) groups excluding carboxylic acids is 1. The van der Waals surface area contributed by atoms with Gasteiger partial charge in [-0.15, -0.1) is 12.4 Å². The van der Waals surface area contributed by atoms with Crippen LogP contribution in [-0.2, 0) is 5.41 Å². The molecule has 5 nitrogen and oxygen atoms in total. The zero-order valence-corrected chi connectivity index (χ0v) is 14.7. The molecule has 0 bridgehead atoms. The second-order valence-corrected chi connectivity index (χ2v) is 6.57. The van der Waals surface area contributed by atoms with Gasteiger partial charge in [-0.3, -0.25) is 4.79 Å². The number of rotatable bonds is 2. The Morgan fingerprint density at radius 2 is 1.67 bits per heavy atom. The van der Waals surface area contributed by atoms with E-state index in [-0.39, 0.29) is 30.5 Å². The molecule has 1 amide bonds. The molecule has 0 saturated heterocycles. The van der Waals surface area contributed by atoms with E-state index in [1.165, 1.54) is 5.56 Å². The van der Waals surface area contributed by atoms with Gasteiger partial charge in [0.15, 0.2) is 11.5 Å². The summed E-state index contributed by atoms with van der Waals surface area (Å²) in [4.78, 5) is 12.4. The van der Waals surface area contributed by atoms with E-state index in [1.54, 1.807) is 12.1 Å². The molecule has 1 heterocycles. The van der Waals surface area contributed by atoms with Gasteiger partial charge in [-0.1, -0.05) is 32.9 Å². The molecule has 128 valence electrons.